The van der Waals surface area contributed by atoms with E-state index in [1.807, 2.05) is 56.3 Å². The van der Waals surface area contributed by atoms with Crippen molar-refractivity contribution >= 4 is 28.9 Å². The molecule has 2 aromatic carbocycles. The Morgan fingerprint density at radius 3 is 2.55 bits per heavy atom. The fourth-order valence-electron chi connectivity index (χ4n) is 1.86. The number of aryl methyl sites for hydroxylation is 2. The van der Waals surface area contributed by atoms with Crippen molar-refractivity contribution in [2.75, 3.05) is 17.2 Å². The molecular formula is C16H17ClN2O. The maximum atomic E-state index is 11.9. The number of para-hydroxylation sites is 1. The molecule has 0 unspecified atom stereocenters. The van der Waals surface area contributed by atoms with E-state index in [-0.39, 0.29) is 12.5 Å². The van der Waals surface area contributed by atoms with E-state index in [2.05, 4.69) is 10.6 Å². The Morgan fingerprint density at radius 2 is 1.85 bits per heavy atom. The molecule has 0 heterocycles. The van der Waals surface area contributed by atoms with Crippen LogP contribution in [0.4, 0.5) is 11.4 Å². The maximum Gasteiger partial charge on any atom is 0.243 e. The van der Waals surface area contributed by atoms with Gasteiger partial charge in [0.25, 0.3) is 0 Å². The summed E-state index contributed by atoms with van der Waals surface area (Å²) in [6.45, 7) is 4.16. The van der Waals surface area contributed by atoms with E-state index in [4.69, 9.17) is 11.6 Å². The van der Waals surface area contributed by atoms with Crippen molar-refractivity contribution in [2.45, 2.75) is 13.8 Å². The fourth-order valence-corrected chi connectivity index (χ4v) is 2.15. The topological polar surface area (TPSA) is 41.1 Å². The van der Waals surface area contributed by atoms with E-state index in [0.29, 0.717) is 10.7 Å². The summed E-state index contributed by atoms with van der Waals surface area (Å²) in [6.07, 6.45) is 0. The molecule has 1 amide bonds. The molecule has 4 heteroatoms. The third-order valence-electron chi connectivity index (χ3n) is 2.98. The van der Waals surface area contributed by atoms with E-state index in [1.165, 1.54) is 0 Å². The standard InChI is InChI=1S/C16H17ClN2O/c1-11-7-8-15(13(17)9-11)19-16(20)10-18-14-6-4-3-5-12(14)2/h3-9,18H,10H2,1-2H3,(H,19,20). The third kappa shape index (κ3) is 3.75. The zero-order chi connectivity index (χ0) is 14.5. The molecule has 0 aliphatic heterocycles. The van der Waals surface area contributed by atoms with Gasteiger partial charge < -0.3 is 10.6 Å². The summed E-state index contributed by atoms with van der Waals surface area (Å²) in [5.74, 6) is -0.126. The molecule has 0 bridgehead atoms. The molecule has 2 N–H and O–H groups in total. The number of carbonyl (C=O) groups is 1. The lowest BCUT2D eigenvalue weighted by Gasteiger charge is -2.11. The molecule has 0 saturated heterocycles. The smallest absolute Gasteiger partial charge is 0.243 e. The predicted molar refractivity (Wildman–Crippen MR) is 84.5 cm³/mol. The van der Waals surface area contributed by atoms with Crippen molar-refractivity contribution in [2.24, 2.45) is 0 Å². The van der Waals surface area contributed by atoms with Crippen LogP contribution < -0.4 is 10.6 Å². The monoisotopic (exact) mass is 288 g/mol. The number of nitrogens with one attached hydrogen (secondary N) is 2. The molecule has 104 valence electrons. The Balaban J connectivity index is 1.94. The minimum atomic E-state index is -0.126. The zero-order valence-corrected chi connectivity index (χ0v) is 12.3. The van der Waals surface area contributed by atoms with Crippen molar-refractivity contribution in [3.63, 3.8) is 0 Å². The molecule has 0 aromatic heterocycles. The number of amides is 1. The number of halogens is 1. The van der Waals surface area contributed by atoms with Crippen molar-refractivity contribution in [3.05, 3.63) is 58.6 Å². The summed E-state index contributed by atoms with van der Waals surface area (Å²) >= 11 is 6.08. The zero-order valence-electron chi connectivity index (χ0n) is 11.5. The molecule has 0 fully saturated rings. The van der Waals surface area contributed by atoms with Gasteiger partial charge in [-0.15, -0.1) is 0 Å². The Morgan fingerprint density at radius 1 is 1.10 bits per heavy atom. The summed E-state index contributed by atoms with van der Waals surface area (Å²) in [5.41, 5.74) is 3.76. The highest BCUT2D eigenvalue weighted by Crippen LogP contribution is 2.22. The van der Waals surface area contributed by atoms with Crippen LogP contribution in [0.2, 0.25) is 5.02 Å². The average Bonchev–Trinajstić information content (AvgIpc) is 2.41. The van der Waals surface area contributed by atoms with Gasteiger partial charge in [0, 0.05) is 5.69 Å². The van der Waals surface area contributed by atoms with Crippen LogP contribution in [0, 0.1) is 13.8 Å². The first-order valence-electron chi connectivity index (χ1n) is 6.42. The summed E-state index contributed by atoms with van der Waals surface area (Å²) in [6, 6.07) is 13.4. The fraction of sp³-hybridized carbons (Fsp3) is 0.188. The molecule has 0 atom stereocenters. The van der Waals surface area contributed by atoms with Crippen LogP contribution in [0.5, 0.6) is 0 Å². The Labute approximate surface area is 124 Å². The number of anilines is 2. The van der Waals surface area contributed by atoms with Gasteiger partial charge in [0.15, 0.2) is 0 Å². The van der Waals surface area contributed by atoms with Gasteiger partial charge in [0.05, 0.1) is 17.3 Å². The number of carbonyl (C=O) groups excluding carboxylic acids is 1. The van der Waals surface area contributed by atoms with E-state index in [9.17, 15) is 4.79 Å². The molecule has 0 spiro atoms. The van der Waals surface area contributed by atoms with Crippen LogP contribution in [0.15, 0.2) is 42.5 Å². The number of rotatable bonds is 4. The van der Waals surface area contributed by atoms with Gasteiger partial charge in [-0.25, -0.2) is 0 Å². The second-order valence-corrected chi connectivity index (χ2v) is 5.11. The largest absolute Gasteiger partial charge is 0.376 e. The number of hydrogen-bond acceptors (Lipinski definition) is 2. The minimum Gasteiger partial charge on any atom is -0.376 e. The van der Waals surface area contributed by atoms with Gasteiger partial charge in [-0.1, -0.05) is 35.9 Å². The first-order valence-corrected chi connectivity index (χ1v) is 6.79. The summed E-state index contributed by atoms with van der Waals surface area (Å²) in [4.78, 5) is 11.9. The molecule has 3 nitrogen and oxygen atoms in total. The molecule has 0 aliphatic rings. The van der Waals surface area contributed by atoms with E-state index >= 15 is 0 Å². The molecule has 0 aliphatic carbocycles. The first-order chi connectivity index (χ1) is 9.56. The quantitative estimate of drug-likeness (QED) is 0.892. The molecule has 20 heavy (non-hydrogen) atoms. The minimum absolute atomic E-state index is 0.126. The molecular weight excluding hydrogens is 272 g/mol. The molecule has 2 rings (SSSR count). The van der Waals surface area contributed by atoms with Crippen LogP contribution >= 0.6 is 11.6 Å². The van der Waals surface area contributed by atoms with Crippen molar-refractivity contribution in [3.8, 4) is 0 Å². The van der Waals surface area contributed by atoms with Gasteiger partial charge in [-0.05, 0) is 43.2 Å². The lowest BCUT2D eigenvalue weighted by Crippen LogP contribution is -2.22. The van der Waals surface area contributed by atoms with Crippen LogP contribution in [0.1, 0.15) is 11.1 Å². The van der Waals surface area contributed by atoms with Crippen LogP contribution in [0.25, 0.3) is 0 Å². The Hall–Kier alpha value is -2.00. The van der Waals surface area contributed by atoms with Gasteiger partial charge in [0.1, 0.15) is 0 Å². The normalized spacial score (nSPS) is 10.2. The highest BCUT2D eigenvalue weighted by Gasteiger charge is 2.06. The van der Waals surface area contributed by atoms with Crippen molar-refractivity contribution in [1.82, 2.24) is 0 Å². The number of benzene rings is 2. The third-order valence-corrected chi connectivity index (χ3v) is 3.30. The van der Waals surface area contributed by atoms with Gasteiger partial charge >= 0.3 is 0 Å². The van der Waals surface area contributed by atoms with Gasteiger partial charge in [-0.3, -0.25) is 4.79 Å². The molecule has 0 radical (unpaired) electrons. The molecule has 0 saturated carbocycles. The summed E-state index contributed by atoms with van der Waals surface area (Å²) < 4.78 is 0. The van der Waals surface area contributed by atoms with Crippen molar-refractivity contribution < 1.29 is 4.79 Å². The van der Waals surface area contributed by atoms with Gasteiger partial charge in [0.2, 0.25) is 5.91 Å². The highest BCUT2D eigenvalue weighted by atomic mass is 35.5. The lowest BCUT2D eigenvalue weighted by molar-refractivity contribution is -0.114. The second-order valence-electron chi connectivity index (χ2n) is 4.70. The summed E-state index contributed by atoms with van der Waals surface area (Å²) in [7, 11) is 0. The SMILES string of the molecule is Cc1ccc(NC(=O)CNc2ccccc2C)c(Cl)c1. The first kappa shape index (κ1) is 14.4. The van der Waals surface area contributed by atoms with Crippen LogP contribution in [-0.2, 0) is 4.79 Å². The van der Waals surface area contributed by atoms with E-state index in [0.717, 1.165) is 16.8 Å². The van der Waals surface area contributed by atoms with Crippen LogP contribution in [0.3, 0.4) is 0 Å². The van der Waals surface area contributed by atoms with E-state index in [1.54, 1.807) is 0 Å². The number of hydrogen-bond donors (Lipinski definition) is 2. The van der Waals surface area contributed by atoms with Crippen molar-refractivity contribution in [1.29, 1.82) is 0 Å². The summed E-state index contributed by atoms with van der Waals surface area (Å²) in [5, 5.41) is 6.45. The lowest BCUT2D eigenvalue weighted by atomic mass is 10.2. The van der Waals surface area contributed by atoms with Gasteiger partial charge in [-0.2, -0.15) is 0 Å². The Kier molecular flexibility index (Phi) is 4.64. The Bertz CT molecular complexity index is 626. The average molecular weight is 289 g/mol. The second kappa shape index (κ2) is 6.44. The predicted octanol–water partition coefficient (Wildman–Crippen LogP) is 4.01. The van der Waals surface area contributed by atoms with Crippen LogP contribution in [-0.4, -0.2) is 12.5 Å². The highest BCUT2D eigenvalue weighted by molar-refractivity contribution is 6.33. The maximum absolute atomic E-state index is 11.9. The molecule has 2 aromatic rings. The van der Waals surface area contributed by atoms with E-state index < -0.39 is 0 Å².